The molecule has 6 heteroatoms. The molecule has 2 aromatic rings. The van der Waals surface area contributed by atoms with E-state index < -0.39 is 6.04 Å². The van der Waals surface area contributed by atoms with Gasteiger partial charge in [-0.15, -0.1) is 0 Å². The van der Waals surface area contributed by atoms with Crippen molar-refractivity contribution in [2.24, 2.45) is 0 Å². The number of nitrogens with zero attached hydrogens (tertiary/aromatic N) is 2. The lowest BCUT2D eigenvalue weighted by Crippen LogP contribution is -2.62. The maximum absolute atomic E-state index is 12.9. The molecular formula is C18H21N3O3. The third-order valence-electron chi connectivity index (χ3n) is 5.21. The van der Waals surface area contributed by atoms with Crippen molar-refractivity contribution in [3.8, 4) is 0 Å². The zero-order chi connectivity index (χ0) is 16.8. The van der Waals surface area contributed by atoms with E-state index in [4.69, 9.17) is 5.11 Å². The van der Waals surface area contributed by atoms with Gasteiger partial charge in [0, 0.05) is 36.2 Å². The molecule has 4 rings (SSSR count). The fraction of sp³-hybridized carbons (Fsp3) is 0.444. The number of benzene rings is 1. The molecule has 2 atom stereocenters. The summed E-state index contributed by atoms with van der Waals surface area (Å²) in [7, 11) is 0. The van der Waals surface area contributed by atoms with E-state index in [0.29, 0.717) is 19.4 Å². The topological polar surface area (TPSA) is 76.6 Å². The molecule has 1 saturated heterocycles. The number of hydrogen-bond donors (Lipinski definition) is 2. The van der Waals surface area contributed by atoms with Crippen LogP contribution in [-0.4, -0.2) is 57.4 Å². The number of fused-ring (bicyclic) bond motifs is 4. The lowest BCUT2D eigenvalue weighted by atomic mass is 9.90. The predicted octanol–water partition coefficient (Wildman–Crippen LogP) is 1.21. The highest BCUT2D eigenvalue weighted by Crippen LogP contribution is 2.38. The fourth-order valence-electron chi connectivity index (χ4n) is 4.08. The van der Waals surface area contributed by atoms with Crippen LogP contribution in [0.25, 0.3) is 10.9 Å². The Morgan fingerprint density at radius 2 is 2.08 bits per heavy atom. The summed E-state index contributed by atoms with van der Waals surface area (Å²) in [6.45, 7) is 2.54. The van der Waals surface area contributed by atoms with E-state index in [2.05, 4.69) is 11.1 Å². The summed E-state index contributed by atoms with van der Waals surface area (Å²) in [6, 6.07) is 7.49. The Kier molecular flexibility index (Phi) is 3.57. The molecule has 1 unspecified atom stereocenters. The summed E-state index contributed by atoms with van der Waals surface area (Å²) in [4.78, 5) is 32.3. The number of carbonyl (C=O) groups is 2. The molecule has 2 N–H and O–H groups in total. The van der Waals surface area contributed by atoms with Crippen LogP contribution in [0.3, 0.4) is 0 Å². The van der Waals surface area contributed by atoms with E-state index in [9.17, 15) is 9.59 Å². The molecule has 0 aliphatic carbocycles. The second-order valence-electron chi connectivity index (χ2n) is 6.60. The second kappa shape index (κ2) is 5.63. The molecule has 2 aliphatic rings. The molecule has 0 spiro atoms. The number of carbonyl (C=O) groups excluding carboxylic acids is 2. The highest BCUT2D eigenvalue weighted by molar-refractivity contribution is 5.97. The molecule has 3 heterocycles. The maximum atomic E-state index is 12.9. The number of hydrogen-bond acceptors (Lipinski definition) is 3. The Morgan fingerprint density at radius 1 is 1.29 bits per heavy atom. The summed E-state index contributed by atoms with van der Waals surface area (Å²) in [5.41, 5.74) is 3.23. The van der Waals surface area contributed by atoms with Crippen molar-refractivity contribution >= 4 is 22.7 Å². The average molecular weight is 327 g/mol. The lowest BCUT2D eigenvalue weighted by Gasteiger charge is -2.46. The Labute approximate surface area is 140 Å². The van der Waals surface area contributed by atoms with E-state index >= 15 is 0 Å². The number of aliphatic hydroxyl groups excluding tert-OH is 1. The Morgan fingerprint density at radius 3 is 2.88 bits per heavy atom. The van der Waals surface area contributed by atoms with Gasteiger partial charge in [0.15, 0.2) is 0 Å². The lowest BCUT2D eigenvalue weighted by molar-refractivity contribution is -0.159. The minimum absolute atomic E-state index is 0.00849. The smallest absolute Gasteiger partial charge is 0.246 e. The third-order valence-corrected chi connectivity index (χ3v) is 5.21. The zero-order valence-corrected chi connectivity index (χ0v) is 13.7. The highest BCUT2D eigenvalue weighted by atomic mass is 16.3. The number of amides is 2. The van der Waals surface area contributed by atoms with Crippen molar-refractivity contribution in [1.82, 2.24) is 14.8 Å². The first-order valence-corrected chi connectivity index (χ1v) is 8.42. The Hall–Kier alpha value is -2.34. The molecule has 0 bridgehead atoms. The van der Waals surface area contributed by atoms with Crippen molar-refractivity contribution in [1.29, 1.82) is 0 Å². The maximum Gasteiger partial charge on any atom is 0.246 e. The van der Waals surface area contributed by atoms with Crippen LogP contribution in [0.5, 0.6) is 0 Å². The van der Waals surface area contributed by atoms with Crippen LogP contribution in [0, 0.1) is 0 Å². The third kappa shape index (κ3) is 2.13. The van der Waals surface area contributed by atoms with Crippen LogP contribution < -0.4 is 0 Å². The van der Waals surface area contributed by atoms with E-state index in [1.54, 1.807) is 9.80 Å². The summed E-state index contributed by atoms with van der Waals surface area (Å²) >= 11 is 0. The van der Waals surface area contributed by atoms with Gasteiger partial charge in [0.25, 0.3) is 0 Å². The standard InChI is InChI=1S/C18H21N3O3/c1-11-17-13(12-5-2-3-6-14(12)19-17)9-15-18(24)20(7-4-8-22)10-16(23)21(11)15/h2-3,5-6,11,15,19,22H,4,7-10H2,1H3/t11?,15-/m0/s1. The van der Waals surface area contributed by atoms with Crippen molar-refractivity contribution in [3.05, 3.63) is 35.5 Å². The molecule has 126 valence electrons. The van der Waals surface area contributed by atoms with E-state index in [-0.39, 0.29) is 31.0 Å². The van der Waals surface area contributed by atoms with Gasteiger partial charge < -0.3 is 19.9 Å². The molecule has 1 fully saturated rings. The first kappa shape index (κ1) is 15.2. The second-order valence-corrected chi connectivity index (χ2v) is 6.60. The van der Waals surface area contributed by atoms with Crippen molar-refractivity contribution in [2.45, 2.75) is 31.8 Å². The van der Waals surface area contributed by atoms with Gasteiger partial charge in [0.1, 0.15) is 6.04 Å². The van der Waals surface area contributed by atoms with Gasteiger partial charge in [-0.1, -0.05) is 18.2 Å². The molecule has 24 heavy (non-hydrogen) atoms. The van der Waals surface area contributed by atoms with Gasteiger partial charge in [-0.25, -0.2) is 0 Å². The molecule has 1 aromatic heterocycles. The highest BCUT2D eigenvalue weighted by Gasteiger charge is 2.45. The summed E-state index contributed by atoms with van der Waals surface area (Å²) in [5, 5.41) is 10.1. The number of aromatic amines is 1. The van der Waals surface area contributed by atoms with Crippen LogP contribution in [0.2, 0.25) is 0 Å². The van der Waals surface area contributed by atoms with Gasteiger partial charge in [-0.3, -0.25) is 9.59 Å². The Balaban J connectivity index is 1.74. The molecule has 2 amide bonds. The summed E-state index contributed by atoms with van der Waals surface area (Å²) in [6.07, 6.45) is 1.05. The average Bonchev–Trinajstić information content (AvgIpc) is 2.96. The van der Waals surface area contributed by atoms with Crippen molar-refractivity contribution < 1.29 is 14.7 Å². The minimum Gasteiger partial charge on any atom is -0.396 e. The summed E-state index contributed by atoms with van der Waals surface area (Å²) in [5.74, 6) is -0.0276. The normalized spacial score (nSPS) is 23.6. The SMILES string of the molecule is CC1c2[nH]c3ccccc3c2C[C@H]2C(=O)N(CCCO)CC(=O)N12. The van der Waals surface area contributed by atoms with Crippen molar-refractivity contribution in [3.63, 3.8) is 0 Å². The molecule has 1 aromatic carbocycles. The quantitative estimate of drug-likeness (QED) is 0.889. The fourth-order valence-corrected chi connectivity index (χ4v) is 4.08. The largest absolute Gasteiger partial charge is 0.396 e. The molecule has 0 saturated carbocycles. The number of aliphatic hydroxyl groups is 1. The van der Waals surface area contributed by atoms with E-state index in [1.807, 2.05) is 25.1 Å². The number of para-hydroxylation sites is 1. The Bertz CT molecular complexity index is 813. The molecule has 6 nitrogen and oxygen atoms in total. The number of aromatic nitrogens is 1. The van der Waals surface area contributed by atoms with E-state index in [1.165, 1.54) is 0 Å². The number of H-pyrrole nitrogens is 1. The number of nitrogens with one attached hydrogen (secondary N) is 1. The van der Waals surface area contributed by atoms with Crippen LogP contribution in [-0.2, 0) is 16.0 Å². The van der Waals surface area contributed by atoms with Crippen LogP contribution in [0.1, 0.15) is 30.6 Å². The van der Waals surface area contributed by atoms with Crippen molar-refractivity contribution in [2.75, 3.05) is 19.7 Å². The molecule has 0 radical (unpaired) electrons. The minimum atomic E-state index is -0.438. The predicted molar refractivity (Wildman–Crippen MR) is 89.3 cm³/mol. The zero-order valence-electron chi connectivity index (χ0n) is 13.7. The van der Waals surface area contributed by atoms with Gasteiger partial charge in [0.2, 0.25) is 11.8 Å². The van der Waals surface area contributed by atoms with E-state index in [0.717, 1.165) is 22.2 Å². The molecule has 2 aliphatic heterocycles. The molecular weight excluding hydrogens is 306 g/mol. The summed E-state index contributed by atoms with van der Waals surface area (Å²) < 4.78 is 0. The number of piperazine rings is 1. The van der Waals surface area contributed by atoms with Crippen LogP contribution >= 0.6 is 0 Å². The monoisotopic (exact) mass is 327 g/mol. The van der Waals surface area contributed by atoms with Gasteiger partial charge >= 0.3 is 0 Å². The van der Waals surface area contributed by atoms with Crippen LogP contribution in [0.4, 0.5) is 0 Å². The van der Waals surface area contributed by atoms with Gasteiger partial charge in [0.05, 0.1) is 12.6 Å². The first-order chi connectivity index (χ1) is 11.6. The van der Waals surface area contributed by atoms with Crippen LogP contribution in [0.15, 0.2) is 24.3 Å². The van der Waals surface area contributed by atoms with Gasteiger partial charge in [-0.2, -0.15) is 0 Å². The number of rotatable bonds is 3. The first-order valence-electron chi connectivity index (χ1n) is 8.42. The van der Waals surface area contributed by atoms with Gasteiger partial charge in [-0.05, 0) is 25.0 Å².